The number of thiazole rings is 1. The first-order chi connectivity index (χ1) is 17.9. The largest absolute Gasteiger partial charge is 0.488 e. The Bertz CT molecular complexity index is 1530. The number of ether oxygens (including phenoxy) is 1. The number of rotatable bonds is 8. The van der Waals surface area contributed by atoms with E-state index in [9.17, 15) is 9.18 Å². The Morgan fingerprint density at radius 2 is 1.92 bits per heavy atom. The molecule has 0 aliphatic carbocycles. The van der Waals surface area contributed by atoms with Crippen LogP contribution in [-0.4, -0.2) is 34.6 Å². The smallest absolute Gasteiger partial charge is 0.183 e. The summed E-state index contributed by atoms with van der Waals surface area (Å²) in [5.74, 6) is -0.232. The van der Waals surface area contributed by atoms with Gasteiger partial charge in [-0.05, 0) is 42.3 Å². The molecule has 0 unspecified atom stereocenters. The molecule has 37 heavy (non-hydrogen) atoms. The first-order valence-corrected chi connectivity index (χ1v) is 13.2. The molecule has 3 heterocycles. The third-order valence-corrected chi connectivity index (χ3v) is 7.41. The Balaban J connectivity index is 1.30. The van der Waals surface area contributed by atoms with E-state index in [0.717, 1.165) is 17.1 Å². The summed E-state index contributed by atoms with van der Waals surface area (Å²) in [5.41, 5.74) is 3.66. The van der Waals surface area contributed by atoms with Gasteiger partial charge in [-0.1, -0.05) is 40.9 Å². The number of pyridine rings is 1. The number of hydrogen-bond acceptors (Lipinski definition) is 7. The number of nitrogens with one attached hydrogen (secondary N) is 1. The highest BCUT2D eigenvalue weighted by Crippen LogP contribution is 2.36. The van der Waals surface area contributed by atoms with Crippen LogP contribution in [0.3, 0.4) is 0 Å². The van der Waals surface area contributed by atoms with E-state index >= 15 is 0 Å². The van der Waals surface area contributed by atoms with Gasteiger partial charge >= 0.3 is 0 Å². The van der Waals surface area contributed by atoms with Crippen LogP contribution in [0.25, 0.3) is 11.4 Å². The van der Waals surface area contributed by atoms with Crippen molar-refractivity contribution in [3.8, 4) is 17.1 Å². The highest BCUT2D eigenvalue weighted by molar-refractivity contribution is 7.14. The molecule has 4 aromatic rings. The minimum absolute atomic E-state index is 0.0408. The molecule has 0 atom stereocenters. The molecule has 0 fully saturated rings. The van der Waals surface area contributed by atoms with E-state index in [0.29, 0.717) is 50.7 Å². The van der Waals surface area contributed by atoms with E-state index in [1.807, 2.05) is 17.5 Å². The fraction of sp³-hybridized carbons (Fsp3) is 0.154. The van der Waals surface area contributed by atoms with Crippen molar-refractivity contribution in [1.29, 1.82) is 0 Å². The Hall–Kier alpha value is -3.04. The van der Waals surface area contributed by atoms with E-state index in [1.54, 1.807) is 18.3 Å². The average Bonchev–Trinajstić information content (AvgIpc) is 3.35. The summed E-state index contributed by atoms with van der Waals surface area (Å²) in [6, 6.07) is 11.3. The molecule has 2 aromatic carbocycles. The average molecular weight is 576 g/mol. The number of nitrogens with zero attached hydrogens (tertiary/aromatic N) is 3. The van der Waals surface area contributed by atoms with Crippen LogP contribution in [0, 0.1) is 5.82 Å². The van der Waals surface area contributed by atoms with Crippen molar-refractivity contribution >= 4 is 68.5 Å². The van der Waals surface area contributed by atoms with Gasteiger partial charge in [-0.2, -0.15) is 0 Å². The Morgan fingerprint density at radius 1 is 1.05 bits per heavy atom. The molecule has 0 saturated heterocycles. The molecule has 0 saturated carbocycles. The highest BCUT2D eigenvalue weighted by Gasteiger charge is 2.25. The van der Waals surface area contributed by atoms with Crippen LogP contribution in [0.4, 0.5) is 15.2 Å². The minimum atomic E-state index is -0.532. The van der Waals surface area contributed by atoms with Gasteiger partial charge in [0.05, 0.1) is 27.2 Å². The Labute approximate surface area is 231 Å². The molecule has 0 spiro atoms. The molecule has 6 nitrogen and oxygen atoms in total. The van der Waals surface area contributed by atoms with Crippen LogP contribution in [0.5, 0.6) is 5.75 Å². The van der Waals surface area contributed by atoms with Gasteiger partial charge in [-0.3, -0.25) is 14.8 Å². The molecular formula is C26H18Cl3FN4O2S. The number of fused-ring (bicyclic) bond motifs is 1. The van der Waals surface area contributed by atoms with E-state index in [-0.39, 0.29) is 23.8 Å². The van der Waals surface area contributed by atoms with Crippen LogP contribution < -0.4 is 10.1 Å². The zero-order valence-corrected chi connectivity index (χ0v) is 22.2. The third kappa shape index (κ3) is 5.93. The maximum atomic E-state index is 13.4. The summed E-state index contributed by atoms with van der Waals surface area (Å²) < 4.78 is 19.1. The zero-order valence-electron chi connectivity index (χ0n) is 19.1. The lowest BCUT2D eigenvalue weighted by molar-refractivity contribution is 0.0998. The second kappa shape index (κ2) is 11.1. The van der Waals surface area contributed by atoms with Crippen molar-refractivity contribution in [2.45, 2.75) is 12.8 Å². The van der Waals surface area contributed by atoms with E-state index in [2.05, 4.69) is 20.3 Å². The van der Waals surface area contributed by atoms with Gasteiger partial charge in [-0.25, -0.2) is 9.37 Å². The number of aromatic nitrogens is 2. The molecule has 0 radical (unpaired) electrons. The molecule has 5 rings (SSSR count). The van der Waals surface area contributed by atoms with Crippen molar-refractivity contribution in [1.82, 2.24) is 9.97 Å². The summed E-state index contributed by atoms with van der Waals surface area (Å²) in [7, 11) is 0. The molecule has 2 aromatic heterocycles. The van der Waals surface area contributed by atoms with Crippen molar-refractivity contribution in [3.63, 3.8) is 0 Å². The Morgan fingerprint density at radius 3 is 2.73 bits per heavy atom. The molecule has 0 bridgehead atoms. The SMILES string of the molecule is O=C1CC(COc2ccc(F)c(Cl)c2)=Nc2c1ccnc2-c1csc(NCCc2ccc(Cl)c(Cl)c2)n1. The van der Waals surface area contributed by atoms with Gasteiger partial charge < -0.3 is 10.1 Å². The predicted octanol–water partition coefficient (Wildman–Crippen LogP) is 7.70. The van der Waals surface area contributed by atoms with Crippen LogP contribution in [0.15, 0.2) is 59.0 Å². The van der Waals surface area contributed by atoms with Crippen molar-refractivity contribution in [2.75, 3.05) is 18.5 Å². The van der Waals surface area contributed by atoms with Crippen molar-refractivity contribution in [3.05, 3.63) is 86.1 Å². The van der Waals surface area contributed by atoms with Crippen molar-refractivity contribution in [2.24, 2.45) is 4.99 Å². The van der Waals surface area contributed by atoms with Crippen LogP contribution in [-0.2, 0) is 6.42 Å². The number of aliphatic imine (C=N–C) groups is 1. The second-order valence-corrected chi connectivity index (χ2v) is 10.2. The van der Waals surface area contributed by atoms with Gasteiger partial charge in [-0.15, -0.1) is 11.3 Å². The van der Waals surface area contributed by atoms with Gasteiger partial charge in [0, 0.05) is 29.8 Å². The van der Waals surface area contributed by atoms with Gasteiger partial charge in [0.2, 0.25) is 0 Å². The monoisotopic (exact) mass is 574 g/mol. The predicted molar refractivity (Wildman–Crippen MR) is 147 cm³/mol. The quantitative estimate of drug-likeness (QED) is 0.233. The van der Waals surface area contributed by atoms with E-state index < -0.39 is 5.82 Å². The molecule has 1 N–H and O–H groups in total. The summed E-state index contributed by atoms with van der Waals surface area (Å²) >= 11 is 19.3. The first kappa shape index (κ1) is 25.6. The summed E-state index contributed by atoms with van der Waals surface area (Å²) in [6.45, 7) is 0.705. The topological polar surface area (TPSA) is 76.5 Å². The lowest BCUT2D eigenvalue weighted by Gasteiger charge is -2.17. The van der Waals surface area contributed by atoms with E-state index in [1.165, 1.54) is 29.5 Å². The number of carbonyl (C=O) groups is 1. The van der Waals surface area contributed by atoms with E-state index in [4.69, 9.17) is 39.5 Å². The normalized spacial score (nSPS) is 12.8. The van der Waals surface area contributed by atoms with Gasteiger partial charge in [0.15, 0.2) is 10.9 Å². The number of hydrogen-bond donors (Lipinski definition) is 1. The molecule has 11 heteroatoms. The lowest BCUT2D eigenvalue weighted by Crippen LogP contribution is -2.20. The standard InChI is InChI=1S/C26H18Cl3FN4O2S/c27-18-3-1-14(9-19(18)28)5-7-32-26-34-22(13-37-26)25-24-17(6-8-31-25)23(35)10-15(33-24)12-36-16-2-4-21(30)20(29)11-16/h1-4,6,8-9,11,13H,5,7,10,12H2,(H,32,34). The van der Waals surface area contributed by atoms with Gasteiger partial charge in [0.1, 0.15) is 35.2 Å². The number of Topliss-reactive ketones (excluding diaryl/α,β-unsaturated/α-hetero) is 1. The molecular weight excluding hydrogens is 558 g/mol. The minimum Gasteiger partial charge on any atom is -0.488 e. The summed E-state index contributed by atoms with van der Waals surface area (Å²) in [4.78, 5) is 26.6. The van der Waals surface area contributed by atoms with Crippen LogP contribution in [0.2, 0.25) is 15.1 Å². The molecule has 0 amide bonds. The zero-order chi connectivity index (χ0) is 25.9. The second-order valence-electron chi connectivity index (χ2n) is 8.16. The summed E-state index contributed by atoms with van der Waals surface area (Å²) in [5, 5.41) is 6.90. The number of ketones is 1. The number of halogens is 4. The Kier molecular flexibility index (Phi) is 7.71. The van der Waals surface area contributed by atoms with Gasteiger partial charge in [0.25, 0.3) is 0 Å². The fourth-order valence-electron chi connectivity index (χ4n) is 3.75. The lowest BCUT2D eigenvalue weighted by atomic mass is 9.99. The number of anilines is 1. The third-order valence-electron chi connectivity index (χ3n) is 5.58. The maximum absolute atomic E-state index is 13.4. The molecule has 1 aliphatic heterocycles. The molecule has 188 valence electrons. The maximum Gasteiger partial charge on any atom is 0.183 e. The highest BCUT2D eigenvalue weighted by atomic mass is 35.5. The van der Waals surface area contributed by atoms with Crippen molar-refractivity contribution < 1.29 is 13.9 Å². The fourth-order valence-corrected chi connectivity index (χ4v) is 4.96. The molecule has 1 aliphatic rings. The van der Waals surface area contributed by atoms with Crippen LogP contribution >= 0.6 is 46.1 Å². The number of carbonyl (C=O) groups excluding carboxylic acids is 1. The summed E-state index contributed by atoms with van der Waals surface area (Å²) in [6.07, 6.45) is 2.44. The van der Waals surface area contributed by atoms with Crippen LogP contribution in [0.1, 0.15) is 22.3 Å². The first-order valence-electron chi connectivity index (χ1n) is 11.2. The number of benzene rings is 2.